The predicted molar refractivity (Wildman–Crippen MR) is 64.3 cm³/mol. The zero-order valence-corrected chi connectivity index (χ0v) is 10.9. The van der Waals surface area contributed by atoms with E-state index in [2.05, 4.69) is 16.5 Å². The normalized spacial score (nSPS) is 19.4. The second kappa shape index (κ2) is 6.32. The van der Waals surface area contributed by atoms with Crippen molar-refractivity contribution in [2.75, 3.05) is 25.4 Å². The van der Waals surface area contributed by atoms with E-state index in [9.17, 15) is 13.2 Å². The Labute approximate surface area is 102 Å². The first-order chi connectivity index (χ1) is 7.93. The standard InChI is InChI=1S/C10H20N2O4S/c1-2-12-6-3-9(4-7-12)11-17(15,16)8-5-10(13)14/h9,11H,2-8H2,1H3,(H,13,14). The van der Waals surface area contributed by atoms with E-state index in [1.165, 1.54) is 0 Å². The smallest absolute Gasteiger partial charge is 0.304 e. The molecular formula is C10H20N2O4S. The van der Waals surface area contributed by atoms with Crippen molar-refractivity contribution in [3.05, 3.63) is 0 Å². The first kappa shape index (κ1) is 14.4. The van der Waals surface area contributed by atoms with Gasteiger partial charge in [0.05, 0.1) is 12.2 Å². The fourth-order valence-electron chi connectivity index (χ4n) is 1.90. The molecular weight excluding hydrogens is 244 g/mol. The van der Waals surface area contributed by atoms with Gasteiger partial charge in [-0.25, -0.2) is 13.1 Å². The number of likely N-dealkylation sites (tertiary alicyclic amines) is 1. The number of nitrogens with zero attached hydrogens (tertiary/aromatic N) is 1. The van der Waals surface area contributed by atoms with Gasteiger partial charge in [-0.3, -0.25) is 4.79 Å². The molecule has 1 fully saturated rings. The van der Waals surface area contributed by atoms with Crippen LogP contribution in [0.5, 0.6) is 0 Å². The van der Waals surface area contributed by atoms with Gasteiger partial charge in [0.15, 0.2) is 0 Å². The van der Waals surface area contributed by atoms with E-state index in [0.717, 1.165) is 32.5 Å². The van der Waals surface area contributed by atoms with Crippen molar-refractivity contribution >= 4 is 16.0 Å². The van der Waals surface area contributed by atoms with Crippen LogP contribution < -0.4 is 4.72 Å². The number of sulfonamides is 1. The lowest BCUT2D eigenvalue weighted by Crippen LogP contribution is -2.45. The van der Waals surface area contributed by atoms with Crippen molar-refractivity contribution in [1.82, 2.24) is 9.62 Å². The highest BCUT2D eigenvalue weighted by Crippen LogP contribution is 2.11. The Hall–Kier alpha value is -0.660. The number of hydrogen-bond donors (Lipinski definition) is 2. The van der Waals surface area contributed by atoms with Gasteiger partial charge < -0.3 is 10.0 Å². The van der Waals surface area contributed by atoms with E-state index in [0.29, 0.717) is 0 Å². The molecule has 0 saturated carbocycles. The third-order valence-corrected chi connectivity index (χ3v) is 4.40. The molecule has 100 valence electrons. The minimum atomic E-state index is -3.45. The van der Waals surface area contributed by atoms with E-state index in [1.54, 1.807) is 0 Å². The molecule has 7 heteroatoms. The van der Waals surface area contributed by atoms with Gasteiger partial charge >= 0.3 is 5.97 Å². The highest BCUT2D eigenvalue weighted by molar-refractivity contribution is 7.89. The quantitative estimate of drug-likeness (QED) is 0.697. The minimum Gasteiger partial charge on any atom is -0.481 e. The van der Waals surface area contributed by atoms with Crippen LogP contribution in [0.2, 0.25) is 0 Å². The average molecular weight is 264 g/mol. The molecule has 0 aromatic rings. The number of piperidine rings is 1. The van der Waals surface area contributed by atoms with Crippen LogP contribution in [0.4, 0.5) is 0 Å². The molecule has 1 heterocycles. The summed E-state index contributed by atoms with van der Waals surface area (Å²) in [5.74, 6) is -1.42. The van der Waals surface area contributed by atoms with Gasteiger partial charge in [0.1, 0.15) is 0 Å². The lowest BCUT2D eigenvalue weighted by molar-refractivity contribution is -0.136. The molecule has 1 rings (SSSR count). The number of hydrogen-bond acceptors (Lipinski definition) is 4. The van der Waals surface area contributed by atoms with Crippen LogP contribution in [0.3, 0.4) is 0 Å². The summed E-state index contributed by atoms with van der Waals surface area (Å²) >= 11 is 0. The molecule has 0 aromatic heterocycles. The second-order valence-electron chi connectivity index (χ2n) is 4.29. The molecule has 0 spiro atoms. The Morgan fingerprint density at radius 3 is 2.47 bits per heavy atom. The number of carboxylic acid groups (broad SMARTS) is 1. The molecule has 2 N–H and O–H groups in total. The monoisotopic (exact) mass is 264 g/mol. The first-order valence-corrected chi connectivity index (χ1v) is 7.52. The van der Waals surface area contributed by atoms with Gasteiger partial charge in [-0.2, -0.15) is 0 Å². The summed E-state index contributed by atoms with van der Waals surface area (Å²) in [5, 5.41) is 8.45. The number of carboxylic acids is 1. The van der Waals surface area contributed by atoms with Gasteiger partial charge in [0.2, 0.25) is 10.0 Å². The molecule has 0 aliphatic carbocycles. The zero-order valence-electron chi connectivity index (χ0n) is 10.1. The number of aliphatic carboxylic acids is 1. The van der Waals surface area contributed by atoms with Gasteiger partial charge in [0, 0.05) is 6.04 Å². The summed E-state index contributed by atoms with van der Waals surface area (Å²) < 4.78 is 25.7. The third-order valence-electron chi connectivity index (χ3n) is 2.97. The van der Waals surface area contributed by atoms with Crippen LogP contribution >= 0.6 is 0 Å². The van der Waals surface area contributed by atoms with Crippen LogP contribution in [0, 0.1) is 0 Å². The van der Waals surface area contributed by atoms with Crippen LogP contribution in [-0.4, -0.2) is 55.8 Å². The SMILES string of the molecule is CCN1CCC(NS(=O)(=O)CCC(=O)O)CC1. The summed E-state index contributed by atoms with van der Waals surface area (Å²) in [6.07, 6.45) is 1.24. The molecule has 1 aliphatic rings. The summed E-state index contributed by atoms with van der Waals surface area (Å²) in [4.78, 5) is 12.6. The Morgan fingerprint density at radius 1 is 1.41 bits per heavy atom. The molecule has 0 radical (unpaired) electrons. The van der Waals surface area contributed by atoms with E-state index in [4.69, 9.17) is 5.11 Å². The van der Waals surface area contributed by atoms with Gasteiger partial charge in [-0.15, -0.1) is 0 Å². The average Bonchev–Trinajstić information content (AvgIpc) is 2.27. The molecule has 0 bridgehead atoms. The number of carbonyl (C=O) groups is 1. The van der Waals surface area contributed by atoms with Gasteiger partial charge in [-0.05, 0) is 32.5 Å². The molecule has 1 saturated heterocycles. The Bertz CT molecular complexity index is 347. The molecule has 17 heavy (non-hydrogen) atoms. The van der Waals surface area contributed by atoms with Crippen molar-refractivity contribution in [2.45, 2.75) is 32.2 Å². The molecule has 0 aromatic carbocycles. The summed E-state index contributed by atoms with van der Waals surface area (Å²) in [7, 11) is -3.45. The minimum absolute atomic E-state index is 0.0448. The highest BCUT2D eigenvalue weighted by atomic mass is 32.2. The van der Waals surface area contributed by atoms with Crippen molar-refractivity contribution in [2.24, 2.45) is 0 Å². The highest BCUT2D eigenvalue weighted by Gasteiger charge is 2.23. The largest absolute Gasteiger partial charge is 0.481 e. The Morgan fingerprint density at radius 2 is 2.00 bits per heavy atom. The molecule has 0 atom stereocenters. The third kappa shape index (κ3) is 5.47. The fraction of sp³-hybridized carbons (Fsp3) is 0.900. The fourth-order valence-corrected chi connectivity index (χ4v) is 3.21. The van der Waals surface area contributed by atoms with Crippen molar-refractivity contribution in [3.8, 4) is 0 Å². The Balaban J connectivity index is 2.36. The first-order valence-electron chi connectivity index (χ1n) is 5.87. The summed E-state index contributed by atoms with van der Waals surface area (Å²) in [6.45, 7) is 4.85. The lowest BCUT2D eigenvalue weighted by atomic mass is 10.1. The van der Waals surface area contributed by atoms with Crippen molar-refractivity contribution in [3.63, 3.8) is 0 Å². The number of nitrogens with one attached hydrogen (secondary N) is 1. The van der Waals surface area contributed by atoms with Crippen LogP contribution in [-0.2, 0) is 14.8 Å². The maximum Gasteiger partial charge on any atom is 0.304 e. The topological polar surface area (TPSA) is 86.7 Å². The van der Waals surface area contributed by atoms with Crippen molar-refractivity contribution in [1.29, 1.82) is 0 Å². The van der Waals surface area contributed by atoms with Crippen LogP contribution in [0.1, 0.15) is 26.2 Å². The van der Waals surface area contributed by atoms with E-state index in [1.807, 2.05) is 0 Å². The van der Waals surface area contributed by atoms with Crippen LogP contribution in [0.15, 0.2) is 0 Å². The summed E-state index contributed by atoms with van der Waals surface area (Å²) in [6, 6.07) is -0.0448. The van der Waals surface area contributed by atoms with E-state index in [-0.39, 0.29) is 18.2 Å². The van der Waals surface area contributed by atoms with Crippen LogP contribution in [0.25, 0.3) is 0 Å². The van der Waals surface area contributed by atoms with Gasteiger partial charge in [-0.1, -0.05) is 6.92 Å². The van der Waals surface area contributed by atoms with E-state index < -0.39 is 16.0 Å². The van der Waals surface area contributed by atoms with E-state index >= 15 is 0 Å². The number of rotatable bonds is 6. The molecule has 0 amide bonds. The van der Waals surface area contributed by atoms with Crippen molar-refractivity contribution < 1.29 is 18.3 Å². The molecule has 6 nitrogen and oxygen atoms in total. The lowest BCUT2D eigenvalue weighted by Gasteiger charge is -2.31. The predicted octanol–water partition coefficient (Wildman–Crippen LogP) is -0.135. The Kier molecular flexibility index (Phi) is 5.35. The maximum atomic E-state index is 11.6. The maximum absolute atomic E-state index is 11.6. The summed E-state index contributed by atoms with van der Waals surface area (Å²) in [5.41, 5.74) is 0. The second-order valence-corrected chi connectivity index (χ2v) is 6.16. The van der Waals surface area contributed by atoms with Gasteiger partial charge in [0.25, 0.3) is 0 Å². The molecule has 1 aliphatic heterocycles. The molecule has 0 unspecified atom stereocenters. The zero-order chi connectivity index (χ0) is 12.9.